The molecule has 1 N–H and O–H groups in total. The van der Waals surface area contributed by atoms with Crippen LogP contribution in [0.5, 0.6) is 0 Å². The lowest BCUT2D eigenvalue weighted by Gasteiger charge is -2.40. The average molecular weight is 334 g/mol. The fourth-order valence-corrected chi connectivity index (χ4v) is 6.69. The Hall–Kier alpha value is -1.73. The Morgan fingerprint density at radius 3 is 2.17 bits per heavy atom. The summed E-state index contributed by atoms with van der Waals surface area (Å²) >= 11 is 0. The standard InChI is InChI=1S/C16H18N2O4S/c19-14-11-3-1-2-4-12(11)15(20)18(14)13-5-10-23(21,22)16(13)6-8-17-9-7-16/h1-4,13,17H,5-10H2. The molecule has 0 saturated carbocycles. The molecule has 0 bridgehead atoms. The Morgan fingerprint density at radius 1 is 1.04 bits per heavy atom. The van der Waals surface area contributed by atoms with Gasteiger partial charge in [-0.1, -0.05) is 12.1 Å². The van der Waals surface area contributed by atoms with E-state index in [-0.39, 0.29) is 17.6 Å². The highest BCUT2D eigenvalue weighted by Crippen LogP contribution is 2.44. The number of carbonyl (C=O) groups is 2. The number of piperidine rings is 1. The molecule has 0 radical (unpaired) electrons. The molecule has 6 nitrogen and oxygen atoms in total. The maximum absolute atomic E-state index is 12.7. The van der Waals surface area contributed by atoms with Crippen molar-refractivity contribution in [2.75, 3.05) is 18.8 Å². The summed E-state index contributed by atoms with van der Waals surface area (Å²) in [7, 11) is -3.32. The van der Waals surface area contributed by atoms with Crippen molar-refractivity contribution in [2.24, 2.45) is 0 Å². The number of nitrogens with one attached hydrogen (secondary N) is 1. The monoisotopic (exact) mass is 334 g/mol. The smallest absolute Gasteiger partial charge is 0.261 e. The minimum absolute atomic E-state index is 0.0467. The topological polar surface area (TPSA) is 83.6 Å². The van der Waals surface area contributed by atoms with Crippen molar-refractivity contribution < 1.29 is 18.0 Å². The van der Waals surface area contributed by atoms with Crippen molar-refractivity contribution in [1.82, 2.24) is 10.2 Å². The Morgan fingerprint density at radius 2 is 1.61 bits per heavy atom. The van der Waals surface area contributed by atoms with Gasteiger partial charge in [0.25, 0.3) is 11.8 Å². The maximum Gasteiger partial charge on any atom is 0.261 e. The number of amides is 2. The van der Waals surface area contributed by atoms with Gasteiger partial charge in [0.05, 0.1) is 27.7 Å². The molecule has 2 amide bonds. The summed E-state index contributed by atoms with van der Waals surface area (Å²) in [6.45, 7) is 1.19. The van der Waals surface area contributed by atoms with Gasteiger partial charge in [-0.05, 0) is 44.5 Å². The van der Waals surface area contributed by atoms with Gasteiger partial charge < -0.3 is 5.32 Å². The molecular weight excluding hydrogens is 316 g/mol. The predicted octanol–water partition coefficient (Wildman–Crippen LogP) is 0.592. The molecule has 7 heteroatoms. The van der Waals surface area contributed by atoms with Crippen LogP contribution in [-0.2, 0) is 9.84 Å². The average Bonchev–Trinajstić information content (AvgIpc) is 2.94. The van der Waals surface area contributed by atoms with E-state index in [2.05, 4.69) is 5.32 Å². The minimum Gasteiger partial charge on any atom is -0.317 e. The van der Waals surface area contributed by atoms with Gasteiger partial charge in [0.15, 0.2) is 9.84 Å². The second-order valence-corrected chi connectivity index (χ2v) is 8.91. The molecule has 0 aromatic heterocycles. The molecule has 3 heterocycles. The molecule has 1 atom stereocenters. The molecule has 2 saturated heterocycles. The summed E-state index contributed by atoms with van der Waals surface area (Å²) in [6.07, 6.45) is 1.24. The SMILES string of the molecule is O=C1c2ccccc2C(=O)N1C1CCS(=O)(=O)C12CCNCC2. The van der Waals surface area contributed by atoms with E-state index < -0.39 is 20.6 Å². The van der Waals surface area contributed by atoms with Crippen LogP contribution < -0.4 is 5.32 Å². The van der Waals surface area contributed by atoms with E-state index in [0.717, 1.165) is 0 Å². The fourth-order valence-electron chi connectivity index (χ4n) is 4.29. The van der Waals surface area contributed by atoms with Crippen LogP contribution in [-0.4, -0.2) is 54.8 Å². The summed E-state index contributed by atoms with van der Waals surface area (Å²) in [5, 5.41) is 3.17. The van der Waals surface area contributed by atoms with Crippen LogP contribution in [0, 0.1) is 0 Å². The van der Waals surface area contributed by atoms with Gasteiger partial charge in [-0.15, -0.1) is 0 Å². The molecule has 23 heavy (non-hydrogen) atoms. The van der Waals surface area contributed by atoms with Gasteiger partial charge in [0, 0.05) is 0 Å². The van der Waals surface area contributed by atoms with Gasteiger partial charge in [0.1, 0.15) is 0 Å². The Bertz CT molecular complexity index is 761. The first kappa shape index (κ1) is 14.8. The van der Waals surface area contributed by atoms with Crippen molar-refractivity contribution >= 4 is 21.7 Å². The van der Waals surface area contributed by atoms with Crippen molar-refractivity contribution in [1.29, 1.82) is 0 Å². The number of nitrogens with zero attached hydrogens (tertiary/aromatic N) is 1. The van der Waals surface area contributed by atoms with Gasteiger partial charge in [-0.2, -0.15) is 0 Å². The Balaban J connectivity index is 1.79. The van der Waals surface area contributed by atoms with E-state index in [0.29, 0.717) is 43.5 Å². The third-order valence-electron chi connectivity index (χ3n) is 5.47. The molecule has 3 aliphatic rings. The van der Waals surface area contributed by atoms with E-state index in [1.54, 1.807) is 24.3 Å². The Kier molecular flexibility index (Phi) is 3.15. The first-order valence-electron chi connectivity index (χ1n) is 7.88. The highest BCUT2D eigenvalue weighted by molar-refractivity contribution is 7.93. The van der Waals surface area contributed by atoms with Crippen molar-refractivity contribution in [3.63, 3.8) is 0 Å². The molecule has 1 spiro atoms. The largest absolute Gasteiger partial charge is 0.317 e. The van der Waals surface area contributed by atoms with Gasteiger partial charge >= 0.3 is 0 Å². The number of rotatable bonds is 1. The lowest BCUT2D eigenvalue weighted by atomic mass is 9.87. The van der Waals surface area contributed by atoms with Gasteiger partial charge in [-0.25, -0.2) is 8.42 Å². The fraction of sp³-hybridized carbons (Fsp3) is 0.500. The van der Waals surface area contributed by atoms with E-state index >= 15 is 0 Å². The third-order valence-corrected chi connectivity index (χ3v) is 8.17. The molecule has 4 rings (SSSR count). The first-order valence-corrected chi connectivity index (χ1v) is 9.53. The summed E-state index contributed by atoms with van der Waals surface area (Å²) in [4.78, 5) is 26.7. The minimum atomic E-state index is -3.32. The zero-order valence-corrected chi connectivity index (χ0v) is 13.4. The molecule has 1 aromatic carbocycles. The van der Waals surface area contributed by atoms with E-state index in [9.17, 15) is 18.0 Å². The van der Waals surface area contributed by atoms with Gasteiger partial charge in [0.2, 0.25) is 0 Å². The first-order chi connectivity index (χ1) is 11.0. The number of carbonyl (C=O) groups excluding carboxylic acids is 2. The maximum atomic E-state index is 12.7. The molecule has 1 aromatic rings. The second-order valence-electron chi connectivity index (χ2n) is 6.46. The Labute approximate surface area is 134 Å². The number of hydrogen-bond donors (Lipinski definition) is 1. The molecule has 122 valence electrons. The lowest BCUT2D eigenvalue weighted by Crippen LogP contribution is -2.58. The highest BCUT2D eigenvalue weighted by atomic mass is 32.2. The normalized spacial score (nSPS) is 28.3. The summed E-state index contributed by atoms with van der Waals surface area (Å²) in [5.41, 5.74) is 0.761. The molecule has 2 fully saturated rings. The quantitative estimate of drug-likeness (QED) is 0.760. The zero-order chi connectivity index (χ0) is 16.2. The van der Waals surface area contributed by atoms with Crippen molar-refractivity contribution in [3.8, 4) is 0 Å². The number of hydrogen-bond acceptors (Lipinski definition) is 5. The van der Waals surface area contributed by atoms with Crippen molar-refractivity contribution in [2.45, 2.75) is 30.1 Å². The number of fused-ring (bicyclic) bond motifs is 1. The van der Waals surface area contributed by atoms with E-state index in [1.807, 2.05) is 0 Å². The van der Waals surface area contributed by atoms with E-state index in [1.165, 1.54) is 4.90 Å². The molecule has 1 unspecified atom stereocenters. The van der Waals surface area contributed by atoms with Crippen LogP contribution >= 0.6 is 0 Å². The summed E-state index contributed by atoms with van der Waals surface area (Å²) in [5.74, 6) is -0.665. The van der Waals surface area contributed by atoms with E-state index in [4.69, 9.17) is 0 Å². The predicted molar refractivity (Wildman–Crippen MR) is 84.0 cm³/mol. The van der Waals surface area contributed by atoms with Crippen LogP contribution in [0.2, 0.25) is 0 Å². The summed E-state index contributed by atoms with van der Waals surface area (Å²) in [6, 6.07) is 6.16. The van der Waals surface area contributed by atoms with Crippen LogP contribution in [0.25, 0.3) is 0 Å². The van der Waals surface area contributed by atoms with Crippen LogP contribution in [0.3, 0.4) is 0 Å². The second kappa shape index (κ2) is 4.88. The number of sulfone groups is 1. The third kappa shape index (κ3) is 1.86. The van der Waals surface area contributed by atoms with Crippen LogP contribution in [0.1, 0.15) is 40.0 Å². The van der Waals surface area contributed by atoms with Gasteiger partial charge in [-0.3, -0.25) is 14.5 Å². The lowest BCUT2D eigenvalue weighted by molar-refractivity contribution is 0.0533. The molecule has 3 aliphatic heterocycles. The van der Waals surface area contributed by atoms with Crippen LogP contribution in [0.15, 0.2) is 24.3 Å². The molecular formula is C16H18N2O4S. The summed E-state index contributed by atoms with van der Waals surface area (Å²) < 4.78 is 24.4. The van der Waals surface area contributed by atoms with Crippen molar-refractivity contribution in [3.05, 3.63) is 35.4 Å². The number of imide groups is 1. The zero-order valence-electron chi connectivity index (χ0n) is 12.6. The van der Waals surface area contributed by atoms with Crippen LogP contribution in [0.4, 0.5) is 0 Å². The molecule has 0 aliphatic carbocycles. The highest BCUT2D eigenvalue weighted by Gasteiger charge is 2.60. The number of benzene rings is 1.